The minimum Gasteiger partial charge on any atom is -0.497 e. The molecule has 176 valence electrons. The first kappa shape index (κ1) is 23.5. The van der Waals surface area contributed by atoms with Gasteiger partial charge in [0.2, 0.25) is 0 Å². The summed E-state index contributed by atoms with van der Waals surface area (Å²) in [6.45, 7) is 0. The summed E-state index contributed by atoms with van der Waals surface area (Å²) >= 11 is 12.6. The summed E-state index contributed by atoms with van der Waals surface area (Å²) in [5, 5.41) is 1.45. The highest BCUT2D eigenvalue weighted by Crippen LogP contribution is 2.58. The highest BCUT2D eigenvalue weighted by Gasteiger charge is 2.47. The van der Waals surface area contributed by atoms with Crippen molar-refractivity contribution in [1.29, 1.82) is 0 Å². The van der Waals surface area contributed by atoms with Crippen LogP contribution in [-0.2, 0) is 5.41 Å². The summed E-state index contributed by atoms with van der Waals surface area (Å²) in [6, 6.07) is 33.2. The number of rotatable bonds is 6. The summed E-state index contributed by atoms with van der Waals surface area (Å²) in [6.07, 6.45) is 3.22. The molecule has 0 radical (unpaired) electrons. The summed E-state index contributed by atoms with van der Waals surface area (Å²) in [5.41, 5.74) is 5.77. The zero-order valence-corrected chi connectivity index (χ0v) is 21.2. The molecule has 4 aromatic carbocycles. The van der Waals surface area contributed by atoms with Crippen molar-refractivity contribution in [3.05, 3.63) is 135 Å². The van der Waals surface area contributed by atoms with E-state index in [9.17, 15) is 0 Å². The van der Waals surface area contributed by atoms with Crippen molar-refractivity contribution in [2.75, 3.05) is 14.2 Å². The van der Waals surface area contributed by atoms with Crippen LogP contribution in [0.1, 0.15) is 34.6 Å². The predicted molar refractivity (Wildman–Crippen MR) is 145 cm³/mol. The van der Waals surface area contributed by atoms with Crippen LogP contribution in [-0.4, -0.2) is 14.2 Å². The summed E-state index contributed by atoms with van der Waals surface area (Å²) in [5.74, 6) is 1.74. The van der Waals surface area contributed by atoms with Gasteiger partial charge in [-0.05, 0) is 82.8 Å². The number of hydrogen-bond donors (Lipinski definition) is 0. The van der Waals surface area contributed by atoms with Crippen LogP contribution in [0, 0.1) is 0 Å². The van der Waals surface area contributed by atoms with Crippen molar-refractivity contribution >= 4 is 28.8 Å². The van der Waals surface area contributed by atoms with Gasteiger partial charge in [-0.15, -0.1) is 0 Å². The molecule has 0 bridgehead atoms. The minimum absolute atomic E-state index is 0.0594. The maximum atomic E-state index is 6.31. The third-order valence-corrected chi connectivity index (χ3v) is 7.54. The van der Waals surface area contributed by atoms with Crippen LogP contribution in [0.25, 0.3) is 5.57 Å². The highest BCUT2D eigenvalue weighted by molar-refractivity contribution is 6.30. The first-order valence-corrected chi connectivity index (χ1v) is 12.3. The second-order valence-corrected chi connectivity index (χ2v) is 9.66. The maximum Gasteiger partial charge on any atom is 0.118 e. The normalized spacial score (nSPS) is 16.6. The Balaban J connectivity index is 1.74. The number of allylic oxidation sites excluding steroid dienone is 2. The molecule has 2 nitrogen and oxygen atoms in total. The fourth-order valence-electron chi connectivity index (χ4n) is 5.33. The van der Waals surface area contributed by atoms with Gasteiger partial charge in [0.25, 0.3) is 0 Å². The van der Waals surface area contributed by atoms with E-state index in [1.165, 1.54) is 27.8 Å². The van der Waals surface area contributed by atoms with Gasteiger partial charge in [0.05, 0.1) is 14.2 Å². The van der Waals surface area contributed by atoms with Crippen LogP contribution in [0.5, 0.6) is 11.5 Å². The topological polar surface area (TPSA) is 18.5 Å². The van der Waals surface area contributed by atoms with Crippen LogP contribution >= 0.6 is 23.2 Å². The van der Waals surface area contributed by atoms with Gasteiger partial charge in [0.15, 0.2) is 0 Å². The third-order valence-electron chi connectivity index (χ3n) is 7.04. The lowest BCUT2D eigenvalue weighted by atomic mass is 9.63. The fraction of sp³-hybridized carbons (Fsp3) is 0.161. The molecule has 1 unspecified atom stereocenters. The molecule has 0 spiro atoms. The van der Waals surface area contributed by atoms with E-state index in [1.54, 1.807) is 14.2 Å². The molecule has 35 heavy (non-hydrogen) atoms. The Morgan fingerprint density at radius 2 is 1.09 bits per heavy atom. The second-order valence-electron chi connectivity index (χ2n) is 8.78. The largest absolute Gasteiger partial charge is 0.497 e. The van der Waals surface area contributed by atoms with Gasteiger partial charge < -0.3 is 9.47 Å². The number of ether oxygens (including phenoxy) is 2. The molecule has 5 rings (SSSR count). The molecule has 0 aromatic heterocycles. The minimum atomic E-state index is -0.334. The SMILES string of the molecule is COc1ccc(C2=CCC(c3ccc(Cl)cc3)(c3ccc(Cl)cc3)C2c2ccc(OC)cc2)cc1. The van der Waals surface area contributed by atoms with Crippen molar-refractivity contribution in [2.24, 2.45) is 0 Å². The van der Waals surface area contributed by atoms with Crippen molar-refractivity contribution in [1.82, 2.24) is 0 Å². The van der Waals surface area contributed by atoms with Gasteiger partial charge in [0.1, 0.15) is 11.5 Å². The van der Waals surface area contributed by atoms with Crippen molar-refractivity contribution in [2.45, 2.75) is 17.8 Å². The molecule has 0 amide bonds. The van der Waals surface area contributed by atoms with Gasteiger partial charge in [-0.25, -0.2) is 0 Å². The molecular weight excluding hydrogens is 475 g/mol. The average Bonchev–Trinajstić information content (AvgIpc) is 3.31. The third kappa shape index (κ3) is 4.33. The van der Waals surface area contributed by atoms with Crippen LogP contribution in [0.2, 0.25) is 10.0 Å². The van der Waals surface area contributed by atoms with Gasteiger partial charge >= 0.3 is 0 Å². The maximum absolute atomic E-state index is 6.31. The quantitative estimate of drug-likeness (QED) is 0.264. The Bertz CT molecular complexity index is 1280. The molecule has 0 saturated carbocycles. The van der Waals surface area contributed by atoms with Crippen molar-refractivity contribution < 1.29 is 9.47 Å². The predicted octanol–water partition coefficient (Wildman–Crippen LogP) is 8.57. The molecule has 1 aliphatic carbocycles. The van der Waals surface area contributed by atoms with E-state index in [4.69, 9.17) is 32.7 Å². The zero-order valence-electron chi connectivity index (χ0n) is 19.7. The monoisotopic (exact) mass is 500 g/mol. The molecule has 0 saturated heterocycles. The summed E-state index contributed by atoms with van der Waals surface area (Å²) < 4.78 is 10.9. The van der Waals surface area contributed by atoms with E-state index in [2.05, 4.69) is 54.6 Å². The Labute approximate surface area is 216 Å². The van der Waals surface area contributed by atoms with Gasteiger partial charge in [-0.3, -0.25) is 0 Å². The van der Waals surface area contributed by atoms with E-state index in [1.807, 2.05) is 48.5 Å². The molecular formula is C31H26Cl2O2. The number of hydrogen-bond acceptors (Lipinski definition) is 2. The second kappa shape index (κ2) is 9.81. The van der Waals surface area contributed by atoms with Crippen LogP contribution in [0.4, 0.5) is 0 Å². The lowest BCUT2D eigenvalue weighted by Gasteiger charge is -2.39. The lowest BCUT2D eigenvalue weighted by Crippen LogP contribution is -2.32. The lowest BCUT2D eigenvalue weighted by molar-refractivity contribution is 0.414. The smallest absolute Gasteiger partial charge is 0.118 e. The first-order valence-electron chi connectivity index (χ1n) is 11.6. The summed E-state index contributed by atoms with van der Waals surface area (Å²) in [4.78, 5) is 0. The van der Waals surface area contributed by atoms with E-state index >= 15 is 0 Å². The molecule has 0 aliphatic heterocycles. The Kier molecular flexibility index (Phi) is 6.60. The molecule has 4 heteroatoms. The first-order chi connectivity index (χ1) is 17.0. The number of methoxy groups -OCH3 is 2. The Morgan fingerprint density at radius 3 is 1.54 bits per heavy atom. The average molecular weight is 501 g/mol. The van der Waals surface area contributed by atoms with Gasteiger partial charge in [-0.1, -0.05) is 77.8 Å². The Hall–Kier alpha value is -3.20. The molecule has 0 heterocycles. The van der Waals surface area contributed by atoms with E-state index in [0.29, 0.717) is 0 Å². The molecule has 0 fully saturated rings. The molecule has 0 N–H and O–H groups in total. The Morgan fingerprint density at radius 1 is 0.629 bits per heavy atom. The number of benzene rings is 4. The number of halogens is 2. The van der Waals surface area contributed by atoms with Crippen LogP contribution in [0.3, 0.4) is 0 Å². The van der Waals surface area contributed by atoms with Gasteiger partial charge in [-0.2, -0.15) is 0 Å². The molecule has 4 aromatic rings. The fourth-order valence-corrected chi connectivity index (χ4v) is 5.58. The standard InChI is InChI=1S/C31H26Cl2O2/c1-34-27-15-3-21(4-16-27)29-19-20-31(23-7-11-25(32)12-8-23,24-9-13-26(33)14-10-24)30(29)22-5-17-28(35-2)18-6-22/h3-19,30H,20H2,1-2H3. The van der Waals surface area contributed by atoms with E-state index in [0.717, 1.165) is 28.0 Å². The summed E-state index contributed by atoms with van der Waals surface area (Å²) in [7, 11) is 3.38. The van der Waals surface area contributed by atoms with Gasteiger partial charge in [0, 0.05) is 21.4 Å². The molecule has 1 aliphatic rings. The van der Waals surface area contributed by atoms with Crippen molar-refractivity contribution in [3.8, 4) is 11.5 Å². The molecule has 1 atom stereocenters. The van der Waals surface area contributed by atoms with E-state index < -0.39 is 0 Å². The van der Waals surface area contributed by atoms with Crippen molar-refractivity contribution in [3.63, 3.8) is 0 Å². The van der Waals surface area contributed by atoms with E-state index in [-0.39, 0.29) is 11.3 Å². The zero-order chi connectivity index (χ0) is 24.4. The highest BCUT2D eigenvalue weighted by atomic mass is 35.5. The van der Waals surface area contributed by atoms with Crippen LogP contribution in [0.15, 0.2) is 103 Å². The van der Waals surface area contributed by atoms with Crippen LogP contribution < -0.4 is 9.47 Å².